The number of carboxylic acid groups (broad SMARTS) is 1. The fourth-order valence-corrected chi connectivity index (χ4v) is 6.01. The fraction of sp³-hybridized carbons (Fsp3) is 0.278. The lowest BCUT2D eigenvalue weighted by molar-refractivity contribution is -0.143. The minimum absolute atomic E-state index is 0.0296. The Balaban J connectivity index is 2.08. The third-order valence-corrected chi connectivity index (χ3v) is 7.49. The minimum atomic E-state index is -3.91. The fourth-order valence-electron chi connectivity index (χ4n) is 3.50. The molecule has 0 amide bonds. The molecule has 0 aromatic heterocycles. The Kier molecular flexibility index (Phi) is 4.72. The topological polar surface area (TPSA) is 107 Å². The molecule has 0 saturated heterocycles. The van der Waals surface area contributed by atoms with E-state index in [9.17, 15) is 18.3 Å². The van der Waals surface area contributed by atoms with Crippen molar-refractivity contribution < 1.29 is 23.1 Å². The number of aliphatic carboxylic acids is 1. The Morgan fingerprint density at radius 2 is 1.77 bits per heavy atom. The van der Waals surface area contributed by atoms with Gasteiger partial charge in [0, 0.05) is 17.5 Å². The highest BCUT2D eigenvalue weighted by molar-refractivity contribution is 7.92. The second-order valence-corrected chi connectivity index (χ2v) is 8.73. The Morgan fingerprint density at radius 3 is 2.23 bits per heavy atom. The standard InChI is InChI=1S/C18H18ClNO5S/c1-25-13-6-2-11(3-7-13)15-16(18(15,10-20)17(21)22)26(23,24)14-8-4-12(19)5-9-14/h2-9,15-16H,10,20H2,1H3,(H,21,22)/t15-,16+,18-/m1/s1. The summed E-state index contributed by atoms with van der Waals surface area (Å²) in [7, 11) is -2.40. The molecule has 138 valence electrons. The van der Waals surface area contributed by atoms with Crippen LogP contribution in [0.3, 0.4) is 0 Å². The Morgan fingerprint density at radius 1 is 1.19 bits per heavy atom. The zero-order valence-corrected chi connectivity index (χ0v) is 15.5. The second-order valence-electron chi connectivity index (χ2n) is 6.22. The van der Waals surface area contributed by atoms with E-state index in [2.05, 4.69) is 0 Å². The molecule has 3 rings (SSSR count). The summed E-state index contributed by atoms with van der Waals surface area (Å²) in [4.78, 5) is 12.0. The van der Waals surface area contributed by atoms with E-state index in [-0.39, 0.29) is 11.4 Å². The first-order valence-corrected chi connectivity index (χ1v) is 9.78. The van der Waals surface area contributed by atoms with E-state index >= 15 is 0 Å². The van der Waals surface area contributed by atoms with Crippen molar-refractivity contribution in [3.63, 3.8) is 0 Å². The Hall–Kier alpha value is -2.09. The van der Waals surface area contributed by atoms with E-state index in [1.165, 1.54) is 31.4 Å². The number of sulfone groups is 1. The van der Waals surface area contributed by atoms with Crippen LogP contribution in [0.5, 0.6) is 5.75 Å². The highest BCUT2D eigenvalue weighted by Crippen LogP contribution is 2.63. The van der Waals surface area contributed by atoms with Gasteiger partial charge in [-0.3, -0.25) is 4.79 Å². The van der Waals surface area contributed by atoms with Gasteiger partial charge in [-0.25, -0.2) is 8.42 Å². The maximum atomic E-state index is 13.1. The summed E-state index contributed by atoms with van der Waals surface area (Å²) in [6.07, 6.45) is 0. The van der Waals surface area contributed by atoms with E-state index in [1.54, 1.807) is 24.3 Å². The summed E-state index contributed by atoms with van der Waals surface area (Å²) in [5, 5.41) is 9.02. The predicted octanol–water partition coefficient (Wildman–Crippen LogP) is 2.32. The van der Waals surface area contributed by atoms with Gasteiger partial charge in [-0.1, -0.05) is 23.7 Å². The van der Waals surface area contributed by atoms with Crippen LogP contribution in [-0.2, 0) is 14.6 Å². The number of ether oxygens (including phenoxy) is 1. The Bertz CT molecular complexity index is 927. The van der Waals surface area contributed by atoms with Crippen molar-refractivity contribution >= 4 is 27.4 Å². The molecule has 8 heteroatoms. The summed E-state index contributed by atoms with van der Waals surface area (Å²) < 4.78 is 31.3. The van der Waals surface area contributed by atoms with Crippen LogP contribution in [0.2, 0.25) is 5.02 Å². The van der Waals surface area contributed by atoms with Crippen LogP contribution in [0.15, 0.2) is 53.4 Å². The van der Waals surface area contributed by atoms with Crippen LogP contribution in [0.1, 0.15) is 11.5 Å². The third kappa shape index (κ3) is 2.76. The lowest BCUT2D eigenvalue weighted by Crippen LogP contribution is -2.31. The molecule has 0 bridgehead atoms. The molecule has 6 nitrogen and oxygen atoms in total. The smallest absolute Gasteiger partial charge is 0.312 e. The second kappa shape index (κ2) is 6.57. The molecular weight excluding hydrogens is 378 g/mol. The normalized spacial score (nSPS) is 24.9. The summed E-state index contributed by atoms with van der Waals surface area (Å²) in [5.74, 6) is -1.36. The summed E-state index contributed by atoms with van der Waals surface area (Å²) >= 11 is 5.82. The maximum absolute atomic E-state index is 13.1. The van der Waals surface area contributed by atoms with Crippen LogP contribution in [0.4, 0.5) is 0 Å². The van der Waals surface area contributed by atoms with E-state index in [0.29, 0.717) is 16.3 Å². The number of nitrogens with two attached hydrogens (primary N) is 1. The molecule has 0 unspecified atom stereocenters. The first-order valence-electron chi connectivity index (χ1n) is 7.86. The number of hydrogen-bond acceptors (Lipinski definition) is 5. The van der Waals surface area contributed by atoms with Gasteiger partial charge >= 0.3 is 5.97 Å². The lowest BCUT2D eigenvalue weighted by atomic mass is 9.99. The van der Waals surface area contributed by atoms with Gasteiger partial charge in [0.25, 0.3) is 0 Å². The zero-order chi connectivity index (χ0) is 19.1. The molecule has 0 radical (unpaired) electrons. The van der Waals surface area contributed by atoms with Crippen molar-refractivity contribution in [2.75, 3.05) is 13.7 Å². The molecule has 0 heterocycles. The van der Waals surface area contributed by atoms with Crippen LogP contribution in [0, 0.1) is 5.41 Å². The molecule has 1 aliphatic rings. The number of carbonyl (C=O) groups is 1. The van der Waals surface area contributed by atoms with E-state index in [4.69, 9.17) is 22.1 Å². The van der Waals surface area contributed by atoms with Gasteiger partial charge in [0.2, 0.25) is 0 Å². The lowest BCUT2D eigenvalue weighted by Gasteiger charge is -2.10. The molecule has 1 aliphatic carbocycles. The zero-order valence-electron chi connectivity index (χ0n) is 13.9. The average Bonchev–Trinajstić information content (AvgIpc) is 3.34. The van der Waals surface area contributed by atoms with Gasteiger partial charge < -0.3 is 15.6 Å². The molecule has 3 atom stereocenters. The van der Waals surface area contributed by atoms with Crippen molar-refractivity contribution in [2.45, 2.75) is 16.1 Å². The summed E-state index contributed by atoms with van der Waals surface area (Å²) in [5.41, 5.74) is 4.79. The van der Waals surface area contributed by atoms with Gasteiger partial charge in [-0.15, -0.1) is 0 Å². The van der Waals surface area contributed by atoms with Gasteiger partial charge in [-0.2, -0.15) is 0 Å². The first kappa shape index (κ1) is 18.7. The van der Waals surface area contributed by atoms with Gasteiger partial charge in [0.15, 0.2) is 9.84 Å². The van der Waals surface area contributed by atoms with Crippen LogP contribution in [0.25, 0.3) is 0 Å². The number of hydrogen-bond donors (Lipinski definition) is 2. The Labute approximate surface area is 156 Å². The van der Waals surface area contributed by atoms with E-state index in [1.807, 2.05) is 0 Å². The number of rotatable bonds is 6. The summed E-state index contributed by atoms with van der Waals surface area (Å²) in [6.45, 7) is -0.281. The monoisotopic (exact) mass is 395 g/mol. The van der Waals surface area contributed by atoms with Gasteiger partial charge in [0.1, 0.15) is 11.2 Å². The largest absolute Gasteiger partial charge is 0.497 e. The van der Waals surface area contributed by atoms with Crippen molar-refractivity contribution in [1.82, 2.24) is 0 Å². The molecule has 0 spiro atoms. The molecule has 2 aromatic carbocycles. The van der Waals surface area contributed by atoms with Crippen molar-refractivity contribution in [3.05, 3.63) is 59.1 Å². The first-order chi connectivity index (χ1) is 12.3. The van der Waals surface area contributed by atoms with Crippen LogP contribution in [-0.4, -0.2) is 38.4 Å². The van der Waals surface area contributed by atoms with Crippen LogP contribution >= 0.6 is 11.6 Å². The van der Waals surface area contributed by atoms with Gasteiger partial charge in [0.05, 0.1) is 17.3 Å². The SMILES string of the molecule is COc1ccc([C@@H]2[C@H](S(=O)(=O)c3ccc(Cl)cc3)[C@]2(CN)C(=O)O)cc1. The number of methoxy groups -OCH3 is 1. The molecule has 2 aromatic rings. The number of carboxylic acids is 1. The van der Waals surface area contributed by atoms with E-state index < -0.39 is 32.4 Å². The highest BCUT2D eigenvalue weighted by atomic mass is 35.5. The highest BCUT2D eigenvalue weighted by Gasteiger charge is 2.75. The average molecular weight is 396 g/mol. The molecule has 0 aliphatic heterocycles. The van der Waals surface area contributed by atoms with E-state index in [0.717, 1.165) is 0 Å². The van der Waals surface area contributed by atoms with Crippen LogP contribution < -0.4 is 10.5 Å². The minimum Gasteiger partial charge on any atom is -0.497 e. The quantitative estimate of drug-likeness (QED) is 0.777. The third-order valence-electron chi connectivity index (χ3n) is 4.94. The summed E-state index contributed by atoms with van der Waals surface area (Å²) in [6, 6.07) is 12.4. The molecule has 3 N–H and O–H groups in total. The van der Waals surface area contributed by atoms with Crippen molar-refractivity contribution in [1.29, 1.82) is 0 Å². The number of halogens is 1. The van der Waals surface area contributed by atoms with Gasteiger partial charge in [-0.05, 0) is 42.0 Å². The molecule has 1 fully saturated rings. The maximum Gasteiger partial charge on any atom is 0.312 e. The molecule has 26 heavy (non-hydrogen) atoms. The van der Waals surface area contributed by atoms with Crippen molar-refractivity contribution in [3.8, 4) is 5.75 Å². The molecular formula is C18H18ClNO5S. The predicted molar refractivity (Wildman–Crippen MR) is 97.3 cm³/mol. The molecule has 1 saturated carbocycles. The number of benzene rings is 2. The van der Waals surface area contributed by atoms with Crippen molar-refractivity contribution in [2.24, 2.45) is 11.1 Å².